The lowest BCUT2D eigenvalue weighted by Gasteiger charge is -2.34. The van der Waals surface area contributed by atoms with E-state index >= 15 is 0 Å². The third-order valence-electron chi connectivity index (χ3n) is 7.76. The van der Waals surface area contributed by atoms with Crippen molar-refractivity contribution in [2.24, 2.45) is 0 Å². The van der Waals surface area contributed by atoms with Crippen LogP contribution in [0, 0.1) is 19.7 Å². The molecule has 0 spiro atoms. The largest absolute Gasteiger partial charge is 0.352 e. The molecule has 4 rings (SSSR count). The van der Waals surface area contributed by atoms with Gasteiger partial charge in [0.1, 0.15) is 18.4 Å². The van der Waals surface area contributed by atoms with E-state index in [1.54, 1.807) is 24.3 Å². The maximum absolute atomic E-state index is 14.2. The molecule has 7 nitrogen and oxygen atoms in total. The number of hydrogen-bond acceptors (Lipinski definition) is 4. The molecule has 2 amide bonds. The van der Waals surface area contributed by atoms with Crippen molar-refractivity contribution >= 4 is 27.5 Å². The first-order valence-electron chi connectivity index (χ1n) is 13.9. The second-order valence-corrected chi connectivity index (χ2v) is 12.7. The summed E-state index contributed by atoms with van der Waals surface area (Å²) in [6, 6.07) is 19.6. The first kappa shape index (κ1) is 30.2. The third kappa shape index (κ3) is 7.94. The van der Waals surface area contributed by atoms with E-state index in [4.69, 9.17) is 0 Å². The van der Waals surface area contributed by atoms with E-state index in [-0.39, 0.29) is 24.9 Å². The summed E-state index contributed by atoms with van der Waals surface area (Å²) in [6.45, 7) is 3.23. The van der Waals surface area contributed by atoms with Gasteiger partial charge >= 0.3 is 0 Å². The highest BCUT2D eigenvalue weighted by atomic mass is 32.2. The van der Waals surface area contributed by atoms with Crippen LogP contribution in [-0.4, -0.2) is 50.0 Å². The van der Waals surface area contributed by atoms with E-state index < -0.39 is 34.3 Å². The summed E-state index contributed by atoms with van der Waals surface area (Å²) in [4.78, 5) is 29.5. The van der Waals surface area contributed by atoms with Crippen molar-refractivity contribution in [3.63, 3.8) is 0 Å². The summed E-state index contributed by atoms with van der Waals surface area (Å²) in [5.41, 5.74) is 3.55. The van der Waals surface area contributed by atoms with Gasteiger partial charge in [0.25, 0.3) is 0 Å². The number of rotatable bonds is 11. The zero-order chi connectivity index (χ0) is 29.6. The molecule has 1 aliphatic carbocycles. The van der Waals surface area contributed by atoms with Crippen molar-refractivity contribution in [2.45, 2.75) is 64.6 Å². The third-order valence-corrected chi connectivity index (χ3v) is 8.89. The van der Waals surface area contributed by atoms with E-state index in [1.165, 1.54) is 17.0 Å². The van der Waals surface area contributed by atoms with E-state index in [1.807, 2.05) is 50.2 Å². The van der Waals surface area contributed by atoms with Gasteiger partial charge in [-0.2, -0.15) is 0 Å². The molecule has 0 bridgehead atoms. The van der Waals surface area contributed by atoms with E-state index in [0.717, 1.165) is 52.9 Å². The van der Waals surface area contributed by atoms with Gasteiger partial charge in [-0.1, -0.05) is 67.4 Å². The zero-order valence-corrected chi connectivity index (χ0v) is 24.7. The Kier molecular flexibility index (Phi) is 9.81. The van der Waals surface area contributed by atoms with Crippen LogP contribution in [0.25, 0.3) is 0 Å². The van der Waals surface area contributed by atoms with Gasteiger partial charge in [0.2, 0.25) is 21.8 Å². The maximum atomic E-state index is 14.2. The average molecular weight is 580 g/mol. The Morgan fingerprint density at radius 1 is 0.927 bits per heavy atom. The number of aryl methyl sites for hydroxylation is 1. The van der Waals surface area contributed by atoms with Crippen molar-refractivity contribution in [3.05, 3.63) is 101 Å². The van der Waals surface area contributed by atoms with E-state index in [9.17, 15) is 22.4 Å². The average Bonchev–Trinajstić information content (AvgIpc) is 3.45. The molecular weight excluding hydrogens is 541 g/mol. The van der Waals surface area contributed by atoms with Crippen LogP contribution < -0.4 is 9.62 Å². The molecule has 0 saturated heterocycles. The van der Waals surface area contributed by atoms with Gasteiger partial charge in [-0.25, -0.2) is 12.8 Å². The van der Waals surface area contributed by atoms with Gasteiger partial charge < -0.3 is 10.2 Å². The molecule has 0 aliphatic heterocycles. The van der Waals surface area contributed by atoms with Crippen LogP contribution in [0.2, 0.25) is 0 Å². The SMILES string of the molecule is Cc1cccc(N(CC(=O)N(Cc2ccc(F)cc2)[C@H](Cc2ccccc2)C(=O)NC2CCCC2)S(C)(=O)=O)c1C. The minimum Gasteiger partial charge on any atom is -0.352 e. The zero-order valence-electron chi connectivity index (χ0n) is 23.8. The number of anilines is 1. The molecule has 41 heavy (non-hydrogen) atoms. The summed E-state index contributed by atoms with van der Waals surface area (Å²) >= 11 is 0. The van der Waals surface area contributed by atoms with Crippen molar-refractivity contribution in [2.75, 3.05) is 17.1 Å². The van der Waals surface area contributed by atoms with Crippen LogP contribution in [0.4, 0.5) is 10.1 Å². The maximum Gasteiger partial charge on any atom is 0.244 e. The van der Waals surface area contributed by atoms with Gasteiger partial charge in [0.15, 0.2) is 0 Å². The number of hydrogen-bond donors (Lipinski definition) is 1. The molecule has 1 saturated carbocycles. The Hall–Kier alpha value is -3.72. The molecule has 0 heterocycles. The number of carbonyl (C=O) groups excluding carboxylic acids is 2. The molecule has 9 heteroatoms. The molecule has 1 atom stereocenters. The predicted molar refractivity (Wildman–Crippen MR) is 159 cm³/mol. The molecule has 1 N–H and O–H groups in total. The van der Waals surface area contributed by atoms with Crippen molar-refractivity contribution in [3.8, 4) is 0 Å². The monoisotopic (exact) mass is 579 g/mol. The number of benzene rings is 3. The molecule has 1 fully saturated rings. The Labute approximate surface area is 242 Å². The Bertz CT molecular complexity index is 1460. The Balaban J connectivity index is 1.74. The molecule has 218 valence electrons. The van der Waals surface area contributed by atoms with Crippen LogP contribution in [0.5, 0.6) is 0 Å². The van der Waals surface area contributed by atoms with Crippen LogP contribution in [0.15, 0.2) is 72.8 Å². The molecule has 3 aromatic rings. The molecule has 1 aliphatic rings. The molecule has 0 aromatic heterocycles. The van der Waals surface area contributed by atoms with Crippen LogP contribution in [0.3, 0.4) is 0 Å². The summed E-state index contributed by atoms with van der Waals surface area (Å²) in [7, 11) is -3.85. The number of carbonyl (C=O) groups is 2. The number of nitrogens with one attached hydrogen (secondary N) is 1. The summed E-state index contributed by atoms with van der Waals surface area (Å²) < 4.78 is 40.8. The fraction of sp³-hybridized carbons (Fsp3) is 0.375. The Morgan fingerprint density at radius 3 is 2.22 bits per heavy atom. The second kappa shape index (κ2) is 13.3. The second-order valence-electron chi connectivity index (χ2n) is 10.8. The lowest BCUT2D eigenvalue weighted by molar-refractivity contribution is -0.140. The fourth-order valence-electron chi connectivity index (χ4n) is 5.31. The molecular formula is C32H38FN3O4S. The fourth-order valence-corrected chi connectivity index (χ4v) is 6.21. The van der Waals surface area contributed by atoms with Gasteiger partial charge in [0, 0.05) is 19.0 Å². The predicted octanol–water partition coefficient (Wildman–Crippen LogP) is 4.91. The summed E-state index contributed by atoms with van der Waals surface area (Å²) in [5, 5.41) is 3.14. The van der Waals surface area contributed by atoms with Gasteiger partial charge in [-0.05, 0) is 67.1 Å². The lowest BCUT2D eigenvalue weighted by atomic mass is 10.0. The highest BCUT2D eigenvalue weighted by molar-refractivity contribution is 7.92. The van der Waals surface area contributed by atoms with Crippen LogP contribution in [0.1, 0.15) is 47.9 Å². The normalized spacial score (nSPS) is 14.4. The summed E-state index contributed by atoms with van der Waals surface area (Å²) in [6.07, 6.45) is 5.14. The quantitative estimate of drug-likeness (QED) is 0.350. The minimum absolute atomic E-state index is 0.0130. The highest BCUT2D eigenvalue weighted by Crippen LogP contribution is 2.26. The number of sulfonamides is 1. The minimum atomic E-state index is -3.85. The number of amides is 2. The Morgan fingerprint density at radius 2 is 1.59 bits per heavy atom. The highest BCUT2D eigenvalue weighted by Gasteiger charge is 2.34. The standard InChI is InChI=1S/C32H38FN3O4S/c1-23-10-9-15-29(24(23)2)36(41(3,39)40)22-31(37)35(21-26-16-18-27(33)19-17-26)30(20-25-11-5-4-6-12-25)32(38)34-28-13-7-8-14-28/h4-6,9-12,15-19,28,30H,7-8,13-14,20-22H2,1-3H3,(H,34,38)/t30-/m1/s1. The molecule has 0 radical (unpaired) electrons. The number of nitrogens with zero attached hydrogens (tertiary/aromatic N) is 2. The van der Waals surface area contributed by atoms with Crippen LogP contribution >= 0.6 is 0 Å². The van der Waals surface area contributed by atoms with E-state index in [0.29, 0.717) is 11.3 Å². The van der Waals surface area contributed by atoms with Crippen molar-refractivity contribution in [1.29, 1.82) is 0 Å². The first-order valence-corrected chi connectivity index (χ1v) is 15.8. The molecule has 3 aromatic carbocycles. The van der Waals surface area contributed by atoms with Gasteiger partial charge in [0.05, 0.1) is 11.9 Å². The lowest BCUT2D eigenvalue weighted by Crippen LogP contribution is -2.54. The molecule has 0 unspecified atom stereocenters. The van der Waals surface area contributed by atoms with Crippen molar-refractivity contribution in [1.82, 2.24) is 10.2 Å². The summed E-state index contributed by atoms with van der Waals surface area (Å²) in [5.74, 6) is -1.22. The van der Waals surface area contributed by atoms with E-state index in [2.05, 4.69) is 5.32 Å². The number of halogens is 1. The van der Waals surface area contributed by atoms with Crippen molar-refractivity contribution < 1.29 is 22.4 Å². The topological polar surface area (TPSA) is 86.8 Å². The first-order chi connectivity index (χ1) is 19.5. The smallest absolute Gasteiger partial charge is 0.244 e. The van der Waals surface area contributed by atoms with Crippen LogP contribution in [-0.2, 0) is 32.6 Å². The van der Waals surface area contributed by atoms with Gasteiger partial charge in [-0.3, -0.25) is 13.9 Å². The van der Waals surface area contributed by atoms with Gasteiger partial charge in [-0.15, -0.1) is 0 Å².